The lowest BCUT2D eigenvalue weighted by Crippen LogP contribution is -2.34. The van der Waals surface area contributed by atoms with Crippen LogP contribution in [0, 0.1) is 13.8 Å². The number of Topliss-reactive ketones (excluding diaryl/α,β-unsaturated/α-hetero) is 1. The molecule has 1 spiro atoms. The molecule has 1 aliphatic heterocycles. The summed E-state index contributed by atoms with van der Waals surface area (Å²) in [5, 5.41) is 2.85. The zero-order valence-electron chi connectivity index (χ0n) is 15.6. The second-order valence-electron chi connectivity index (χ2n) is 7.28. The van der Waals surface area contributed by atoms with Crippen LogP contribution < -0.4 is 14.8 Å². The van der Waals surface area contributed by atoms with E-state index in [1.54, 1.807) is 17.4 Å². The monoisotopic (exact) mass is 385 g/mol. The van der Waals surface area contributed by atoms with Crippen molar-refractivity contribution >= 4 is 28.7 Å². The van der Waals surface area contributed by atoms with E-state index in [0.717, 1.165) is 46.8 Å². The Hall–Kier alpha value is -2.34. The van der Waals surface area contributed by atoms with Gasteiger partial charge in [-0.2, -0.15) is 0 Å². The number of amides is 1. The van der Waals surface area contributed by atoms with Crippen molar-refractivity contribution in [3.8, 4) is 11.5 Å². The fourth-order valence-electron chi connectivity index (χ4n) is 3.78. The molecule has 1 aromatic carbocycles. The Morgan fingerprint density at radius 1 is 1.07 bits per heavy atom. The third-order valence-electron chi connectivity index (χ3n) is 5.11. The van der Waals surface area contributed by atoms with E-state index in [4.69, 9.17) is 9.47 Å². The van der Waals surface area contributed by atoms with E-state index in [2.05, 4.69) is 5.32 Å². The Labute approximate surface area is 162 Å². The third kappa shape index (κ3) is 3.72. The first-order chi connectivity index (χ1) is 12.9. The van der Waals surface area contributed by atoms with Crippen molar-refractivity contribution in [1.29, 1.82) is 0 Å². The van der Waals surface area contributed by atoms with Gasteiger partial charge in [0.25, 0.3) is 5.79 Å². The van der Waals surface area contributed by atoms with Crippen LogP contribution in [-0.4, -0.2) is 17.5 Å². The van der Waals surface area contributed by atoms with Gasteiger partial charge in [-0.1, -0.05) is 0 Å². The summed E-state index contributed by atoms with van der Waals surface area (Å²) in [6.45, 7) is 3.92. The number of thiophene rings is 1. The lowest BCUT2D eigenvalue weighted by atomic mass is 10.1. The highest BCUT2D eigenvalue weighted by Gasteiger charge is 2.44. The van der Waals surface area contributed by atoms with Crippen molar-refractivity contribution in [2.45, 2.75) is 58.2 Å². The predicted molar refractivity (Wildman–Crippen MR) is 105 cm³/mol. The second-order valence-corrected chi connectivity index (χ2v) is 8.74. The van der Waals surface area contributed by atoms with Gasteiger partial charge in [0.1, 0.15) is 0 Å². The second kappa shape index (κ2) is 7.00. The Morgan fingerprint density at radius 2 is 1.81 bits per heavy atom. The molecule has 1 N–H and O–H groups in total. The number of ether oxygens (including phenoxy) is 2. The number of nitrogens with one attached hydrogen (secondary N) is 1. The number of aryl methyl sites for hydroxylation is 2. The maximum Gasteiger partial charge on any atom is 0.251 e. The topological polar surface area (TPSA) is 64.6 Å². The minimum absolute atomic E-state index is 0.0147. The highest BCUT2D eigenvalue weighted by atomic mass is 32.1. The number of hydrogen-bond acceptors (Lipinski definition) is 5. The summed E-state index contributed by atoms with van der Waals surface area (Å²) in [6, 6.07) is 7.34. The molecule has 2 aliphatic rings. The van der Waals surface area contributed by atoms with Crippen LogP contribution >= 0.6 is 11.3 Å². The van der Waals surface area contributed by atoms with Gasteiger partial charge in [-0.15, -0.1) is 11.3 Å². The van der Waals surface area contributed by atoms with Gasteiger partial charge in [-0.3, -0.25) is 9.59 Å². The van der Waals surface area contributed by atoms with Gasteiger partial charge in [-0.25, -0.2) is 0 Å². The van der Waals surface area contributed by atoms with Crippen LogP contribution in [0.5, 0.6) is 11.5 Å². The molecule has 1 saturated carbocycles. The van der Waals surface area contributed by atoms with Crippen molar-refractivity contribution in [3.05, 3.63) is 39.6 Å². The summed E-state index contributed by atoms with van der Waals surface area (Å²) in [6.07, 6.45) is 4.37. The Bertz CT molecular complexity index is 896. The van der Waals surface area contributed by atoms with Crippen molar-refractivity contribution in [3.63, 3.8) is 0 Å². The summed E-state index contributed by atoms with van der Waals surface area (Å²) in [4.78, 5) is 26.7. The number of hydrogen-bond donors (Lipinski definition) is 1. The largest absolute Gasteiger partial charge is 0.448 e. The van der Waals surface area contributed by atoms with Crippen LogP contribution in [-0.2, 0) is 4.79 Å². The van der Waals surface area contributed by atoms with Gasteiger partial charge < -0.3 is 14.8 Å². The van der Waals surface area contributed by atoms with Crippen molar-refractivity contribution in [2.75, 3.05) is 5.32 Å². The Balaban J connectivity index is 1.34. The number of carbonyl (C=O) groups excluding carboxylic acids is 2. The summed E-state index contributed by atoms with van der Waals surface area (Å²) < 4.78 is 12.0. The Morgan fingerprint density at radius 3 is 2.52 bits per heavy atom. The first-order valence-electron chi connectivity index (χ1n) is 9.36. The molecular formula is C21H23NO4S. The van der Waals surface area contributed by atoms with E-state index >= 15 is 0 Å². The number of ketones is 1. The average molecular weight is 385 g/mol. The van der Waals surface area contributed by atoms with E-state index in [0.29, 0.717) is 11.4 Å². The van der Waals surface area contributed by atoms with Gasteiger partial charge in [0.15, 0.2) is 17.3 Å². The minimum Gasteiger partial charge on any atom is -0.448 e. The van der Waals surface area contributed by atoms with Gasteiger partial charge in [-0.05, 0) is 44.9 Å². The molecule has 1 aliphatic carbocycles. The third-order valence-corrected chi connectivity index (χ3v) is 6.07. The fraction of sp³-hybridized carbons (Fsp3) is 0.429. The molecule has 2 aromatic rings. The molecule has 27 heavy (non-hydrogen) atoms. The molecule has 0 bridgehead atoms. The molecule has 1 fully saturated rings. The van der Waals surface area contributed by atoms with Gasteiger partial charge in [0.05, 0.1) is 0 Å². The molecule has 142 valence electrons. The number of rotatable bonds is 5. The van der Waals surface area contributed by atoms with E-state index in [-0.39, 0.29) is 24.5 Å². The van der Waals surface area contributed by atoms with Crippen LogP contribution in [0.1, 0.15) is 58.6 Å². The maximum atomic E-state index is 12.3. The molecule has 1 amide bonds. The predicted octanol–water partition coefficient (Wildman–Crippen LogP) is 5.01. The van der Waals surface area contributed by atoms with E-state index in [1.165, 1.54) is 0 Å². The molecule has 0 atom stereocenters. The van der Waals surface area contributed by atoms with Crippen LogP contribution in [0.2, 0.25) is 0 Å². The van der Waals surface area contributed by atoms with E-state index in [1.807, 2.05) is 32.0 Å². The van der Waals surface area contributed by atoms with Crippen molar-refractivity contribution in [1.82, 2.24) is 0 Å². The van der Waals surface area contributed by atoms with Gasteiger partial charge in [0.2, 0.25) is 5.91 Å². The van der Waals surface area contributed by atoms with Crippen LogP contribution in [0.3, 0.4) is 0 Å². The van der Waals surface area contributed by atoms with Crippen molar-refractivity contribution in [2.24, 2.45) is 0 Å². The lowest BCUT2D eigenvalue weighted by molar-refractivity contribution is -0.116. The van der Waals surface area contributed by atoms with Gasteiger partial charge in [0, 0.05) is 52.8 Å². The van der Waals surface area contributed by atoms with E-state index in [9.17, 15) is 9.59 Å². The average Bonchev–Trinajstić information content (AvgIpc) is 3.31. The molecule has 2 heterocycles. The molecule has 0 radical (unpaired) electrons. The number of anilines is 1. The summed E-state index contributed by atoms with van der Waals surface area (Å²) in [5.74, 6) is 0.736. The van der Waals surface area contributed by atoms with Crippen LogP contribution in [0.25, 0.3) is 0 Å². The summed E-state index contributed by atoms with van der Waals surface area (Å²) in [5.41, 5.74) is 1.39. The lowest BCUT2D eigenvalue weighted by Gasteiger charge is -2.21. The van der Waals surface area contributed by atoms with E-state index < -0.39 is 5.79 Å². The number of carbonyl (C=O) groups is 2. The Kier molecular flexibility index (Phi) is 4.68. The zero-order valence-corrected chi connectivity index (χ0v) is 16.4. The smallest absolute Gasteiger partial charge is 0.251 e. The SMILES string of the molecule is Cc1cc(C(=O)CCC(=O)Nc2ccc3c(c2)OC2(CCCC2)O3)c(C)s1. The molecule has 6 heteroatoms. The minimum atomic E-state index is -0.506. The highest BCUT2D eigenvalue weighted by molar-refractivity contribution is 7.12. The molecule has 1 aromatic heterocycles. The van der Waals surface area contributed by atoms with Crippen LogP contribution in [0.15, 0.2) is 24.3 Å². The maximum absolute atomic E-state index is 12.3. The van der Waals surface area contributed by atoms with Crippen molar-refractivity contribution < 1.29 is 19.1 Å². The molecule has 0 unspecified atom stereocenters. The van der Waals surface area contributed by atoms with Gasteiger partial charge >= 0.3 is 0 Å². The quantitative estimate of drug-likeness (QED) is 0.735. The summed E-state index contributed by atoms with van der Waals surface area (Å²) >= 11 is 1.61. The normalized spacial score (nSPS) is 16.7. The molecule has 4 rings (SSSR count). The molecule has 0 saturated heterocycles. The summed E-state index contributed by atoms with van der Waals surface area (Å²) in [7, 11) is 0. The highest BCUT2D eigenvalue weighted by Crippen LogP contribution is 2.47. The standard InChI is InChI=1S/C21H23NO4S/c1-13-11-16(14(2)27-13)17(23)6-8-20(24)22-15-5-7-18-19(12-15)26-21(25-18)9-3-4-10-21/h5,7,11-12H,3-4,6,8-10H2,1-2H3,(H,22,24). The fourth-order valence-corrected chi connectivity index (χ4v) is 4.72. The van der Waals surface area contributed by atoms with Crippen LogP contribution in [0.4, 0.5) is 5.69 Å². The number of fused-ring (bicyclic) bond motifs is 1. The zero-order chi connectivity index (χ0) is 19.0. The molecule has 5 nitrogen and oxygen atoms in total. The first kappa shape index (κ1) is 18.0. The first-order valence-corrected chi connectivity index (χ1v) is 10.2. The molecular weight excluding hydrogens is 362 g/mol. The number of benzene rings is 1.